The average Bonchev–Trinajstić information content (AvgIpc) is 2.49. The van der Waals surface area contributed by atoms with Crippen LogP contribution in [0.15, 0.2) is 0 Å². The van der Waals surface area contributed by atoms with Crippen LogP contribution >= 0.6 is 0 Å². The maximum absolute atomic E-state index is 11.8. The lowest BCUT2D eigenvalue weighted by atomic mass is 10.1. The summed E-state index contributed by atoms with van der Waals surface area (Å²) in [6, 6.07) is -0.0999. The highest BCUT2D eigenvalue weighted by Crippen LogP contribution is 2.07. The molecular formula is C17H36N2O2. The number of carbonyl (C=O) groups is 1. The standard InChI is InChI=1S/C17H36N2O2/c1-4-5-6-7-8-9-10-11-13-18-16(2)17(20)19-14-12-15-21-3/h16,18H,4-15H2,1-3H3,(H,19,20). The van der Waals surface area contributed by atoms with E-state index in [4.69, 9.17) is 4.74 Å². The molecule has 0 aliphatic heterocycles. The van der Waals surface area contributed by atoms with Crippen molar-refractivity contribution in [3.63, 3.8) is 0 Å². The molecule has 0 bridgehead atoms. The van der Waals surface area contributed by atoms with Crippen molar-refractivity contribution in [1.29, 1.82) is 0 Å². The Morgan fingerprint density at radius 2 is 1.57 bits per heavy atom. The van der Waals surface area contributed by atoms with Crippen LogP contribution in [0.25, 0.3) is 0 Å². The molecule has 0 aliphatic rings. The second-order valence-electron chi connectivity index (χ2n) is 5.79. The minimum Gasteiger partial charge on any atom is -0.385 e. The Morgan fingerprint density at radius 1 is 0.952 bits per heavy atom. The van der Waals surface area contributed by atoms with Crippen molar-refractivity contribution < 1.29 is 9.53 Å². The van der Waals surface area contributed by atoms with Crippen LogP contribution in [0.2, 0.25) is 0 Å². The maximum atomic E-state index is 11.8. The van der Waals surface area contributed by atoms with Gasteiger partial charge in [0.05, 0.1) is 6.04 Å². The second-order valence-corrected chi connectivity index (χ2v) is 5.79. The van der Waals surface area contributed by atoms with Crippen LogP contribution in [0.1, 0.15) is 71.6 Å². The molecule has 1 unspecified atom stereocenters. The van der Waals surface area contributed by atoms with Crippen LogP contribution in [0.4, 0.5) is 0 Å². The van der Waals surface area contributed by atoms with Crippen molar-refractivity contribution in [2.24, 2.45) is 0 Å². The fourth-order valence-electron chi connectivity index (χ4n) is 2.25. The number of hydrogen-bond donors (Lipinski definition) is 2. The van der Waals surface area contributed by atoms with Crippen LogP contribution in [0, 0.1) is 0 Å². The maximum Gasteiger partial charge on any atom is 0.236 e. The van der Waals surface area contributed by atoms with Crippen LogP contribution < -0.4 is 10.6 Å². The molecule has 0 aliphatic carbocycles. The Bertz CT molecular complexity index is 235. The van der Waals surface area contributed by atoms with E-state index in [1.807, 2.05) is 6.92 Å². The second kappa shape index (κ2) is 15.8. The van der Waals surface area contributed by atoms with Crippen LogP contribution in [-0.2, 0) is 9.53 Å². The summed E-state index contributed by atoms with van der Waals surface area (Å²) in [5, 5.41) is 6.21. The van der Waals surface area contributed by atoms with Crippen LogP contribution in [0.3, 0.4) is 0 Å². The van der Waals surface area contributed by atoms with Gasteiger partial charge in [0.1, 0.15) is 0 Å². The molecule has 0 heterocycles. The van der Waals surface area contributed by atoms with E-state index >= 15 is 0 Å². The first-order chi connectivity index (χ1) is 10.2. The lowest BCUT2D eigenvalue weighted by Crippen LogP contribution is -2.42. The van der Waals surface area contributed by atoms with Crippen molar-refractivity contribution in [3.8, 4) is 0 Å². The monoisotopic (exact) mass is 300 g/mol. The van der Waals surface area contributed by atoms with E-state index in [0.29, 0.717) is 13.2 Å². The van der Waals surface area contributed by atoms with E-state index in [-0.39, 0.29) is 11.9 Å². The third-order valence-corrected chi connectivity index (χ3v) is 3.70. The Hall–Kier alpha value is -0.610. The molecule has 4 nitrogen and oxygen atoms in total. The molecule has 1 amide bonds. The summed E-state index contributed by atoms with van der Waals surface area (Å²) in [5.41, 5.74) is 0. The highest BCUT2D eigenvalue weighted by atomic mass is 16.5. The summed E-state index contributed by atoms with van der Waals surface area (Å²) in [6.45, 7) is 6.50. The molecule has 0 aromatic rings. The summed E-state index contributed by atoms with van der Waals surface area (Å²) >= 11 is 0. The van der Waals surface area contributed by atoms with E-state index in [1.54, 1.807) is 7.11 Å². The molecule has 126 valence electrons. The first-order valence-corrected chi connectivity index (χ1v) is 8.72. The summed E-state index contributed by atoms with van der Waals surface area (Å²) < 4.78 is 4.95. The summed E-state index contributed by atoms with van der Waals surface area (Å²) in [6.07, 6.45) is 11.4. The van der Waals surface area contributed by atoms with Gasteiger partial charge in [0.25, 0.3) is 0 Å². The molecule has 0 aromatic heterocycles. The van der Waals surface area contributed by atoms with E-state index < -0.39 is 0 Å². The molecule has 0 spiro atoms. The van der Waals surface area contributed by atoms with Gasteiger partial charge in [-0.15, -0.1) is 0 Å². The molecule has 4 heteroatoms. The zero-order chi connectivity index (χ0) is 15.8. The van der Waals surface area contributed by atoms with Gasteiger partial charge < -0.3 is 15.4 Å². The molecule has 0 aromatic carbocycles. The van der Waals surface area contributed by atoms with Crippen molar-refractivity contribution in [2.45, 2.75) is 77.7 Å². The van der Waals surface area contributed by atoms with Crippen molar-refractivity contribution >= 4 is 5.91 Å². The predicted molar refractivity (Wildman–Crippen MR) is 89.6 cm³/mol. The number of ether oxygens (including phenoxy) is 1. The third kappa shape index (κ3) is 14.1. The van der Waals surface area contributed by atoms with Crippen molar-refractivity contribution in [2.75, 3.05) is 26.8 Å². The topological polar surface area (TPSA) is 50.4 Å². The number of amides is 1. The van der Waals surface area contributed by atoms with E-state index in [2.05, 4.69) is 17.6 Å². The van der Waals surface area contributed by atoms with Crippen LogP contribution in [0.5, 0.6) is 0 Å². The molecule has 0 saturated heterocycles. The zero-order valence-electron chi connectivity index (χ0n) is 14.4. The van der Waals surface area contributed by atoms with Gasteiger partial charge in [-0.3, -0.25) is 4.79 Å². The molecule has 1 atom stereocenters. The normalized spacial score (nSPS) is 12.3. The Balaban J connectivity index is 3.32. The summed E-state index contributed by atoms with van der Waals surface area (Å²) in [5.74, 6) is 0.0886. The smallest absolute Gasteiger partial charge is 0.236 e. The number of methoxy groups -OCH3 is 1. The molecule has 2 N–H and O–H groups in total. The lowest BCUT2D eigenvalue weighted by molar-refractivity contribution is -0.122. The number of hydrogen-bond acceptors (Lipinski definition) is 3. The highest BCUT2D eigenvalue weighted by Gasteiger charge is 2.10. The number of carbonyl (C=O) groups excluding carboxylic acids is 1. The van der Waals surface area contributed by atoms with Gasteiger partial charge in [-0.25, -0.2) is 0 Å². The minimum absolute atomic E-state index is 0.0886. The van der Waals surface area contributed by atoms with Gasteiger partial charge in [-0.1, -0.05) is 51.9 Å². The van der Waals surface area contributed by atoms with Crippen LogP contribution in [-0.4, -0.2) is 38.8 Å². The molecule has 0 saturated carbocycles. The molecule has 0 fully saturated rings. The van der Waals surface area contributed by atoms with E-state index in [0.717, 1.165) is 19.4 Å². The van der Waals surface area contributed by atoms with Gasteiger partial charge in [0, 0.05) is 20.3 Å². The zero-order valence-corrected chi connectivity index (χ0v) is 14.4. The molecule has 0 rings (SSSR count). The van der Waals surface area contributed by atoms with Gasteiger partial charge in [-0.2, -0.15) is 0 Å². The molecule has 21 heavy (non-hydrogen) atoms. The van der Waals surface area contributed by atoms with Crippen molar-refractivity contribution in [1.82, 2.24) is 10.6 Å². The third-order valence-electron chi connectivity index (χ3n) is 3.70. The van der Waals surface area contributed by atoms with E-state index in [1.165, 1.54) is 44.9 Å². The van der Waals surface area contributed by atoms with Gasteiger partial charge in [0.15, 0.2) is 0 Å². The first kappa shape index (κ1) is 20.4. The molecule has 0 radical (unpaired) electrons. The Labute approximate surface area is 131 Å². The number of unbranched alkanes of at least 4 members (excludes halogenated alkanes) is 7. The van der Waals surface area contributed by atoms with Gasteiger partial charge in [-0.05, 0) is 26.3 Å². The van der Waals surface area contributed by atoms with E-state index in [9.17, 15) is 4.79 Å². The lowest BCUT2D eigenvalue weighted by Gasteiger charge is -2.13. The predicted octanol–water partition coefficient (Wildman–Crippen LogP) is 3.26. The Morgan fingerprint density at radius 3 is 2.19 bits per heavy atom. The van der Waals surface area contributed by atoms with Crippen molar-refractivity contribution in [3.05, 3.63) is 0 Å². The average molecular weight is 300 g/mol. The van der Waals surface area contributed by atoms with Gasteiger partial charge in [0.2, 0.25) is 5.91 Å². The number of nitrogens with one attached hydrogen (secondary N) is 2. The Kier molecular flexibility index (Phi) is 15.3. The fraction of sp³-hybridized carbons (Fsp3) is 0.941. The summed E-state index contributed by atoms with van der Waals surface area (Å²) in [4.78, 5) is 11.8. The molecular weight excluding hydrogens is 264 g/mol. The SMILES string of the molecule is CCCCCCCCCCNC(C)C(=O)NCCCOC. The summed E-state index contributed by atoms with van der Waals surface area (Å²) in [7, 11) is 1.68. The van der Waals surface area contributed by atoms with Gasteiger partial charge >= 0.3 is 0 Å². The first-order valence-electron chi connectivity index (χ1n) is 8.72. The quantitative estimate of drug-likeness (QED) is 0.456. The highest BCUT2D eigenvalue weighted by molar-refractivity contribution is 5.81. The minimum atomic E-state index is -0.0999. The fourth-order valence-corrected chi connectivity index (χ4v) is 2.25. The largest absolute Gasteiger partial charge is 0.385 e. The number of rotatable bonds is 15.